The minimum atomic E-state index is -0.267. The number of hydrogen-bond acceptors (Lipinski definition) is 4. The summed E-state index contributed by atoms with van der Waals surface area (Å²) in [4.78, 5) is 18.3. The molecule has 0 N–H and O–H groups in total. The van der Waals surface area contributed by atoms with Crippen molar-refractivity contribution in [2.24, 2.45) is 4.99 Å². The van der Waals surface area contributed by atoms with E-state index in [1.807, 2.05) is 6.08 Å². The molecule has 0 amide bonds. The van der Waals surface area contributed by atoms with Gasteiger partial charge in [0.2, 0.25) is 0 Å². The molecule has 0 saturated carbocycles. The lowest BCUT2D eigenvalue weighted by molar-refractivity contribution is -0.121. The summed E-state index contributed by atoms with van der Waals surface area (Å²) in [6, 6.07) is 0.157. The Kier molecular flexibility index (Phi) is 2.14. The number of piperidine rings is 1. The van der Waals surface area contributed by atoms with E-state index in [0.717, 1.165) is 25.9 Å². The van der Waals surface area contributed by atoms with Gasteiger partial charge in [0.15, 0.2) is 5.78 Å². The smallest absolute Gasteiger partial charge is 0.157 e. The van der Waals surface area contributed by atoms with Gasteiger partial charge in [-0.15, -0.1) is 0 Å². The van der Waals surface area contributed by atoms with Crippen LogP contribution in [0.15, 0.2) is 17.1 Å². The molecule has 1 fully saturated rings. The molecule has 0 unspecified atom stereocenters. The van der Waals surface area contributed by atoms with Crippen LogP contribution in [0.3, 0.4) is 0 Å². The number of nitrogens with zero attached hydrogens (tertiary/aromatic N) is 2. The van der Waals surface area contributed by atoms with E-state index in [4.69, 9.17) is 4.74 Å². The summed E-state index contributed by atoms with van der Waals surface area (Å²) in [5, 5.41) is 0. The Balaban J connectivity index is 1.99. The van der Waals surface area contributed by atoms with Crippen molar-refractivity contribution in [3.8, 4) is 0 Å². The maximum absolute atomic E-state index is 11.6. The first kappa shape index (κ1) is 10.0. The Morgan fingerprint density at radius 3 is 3.31 bits per heavy atom. The Morgan fingerprint density at radius 1 is 1.62 bits per heavy atom. The van der Waals surface area contributed by atoms with Crippen LogP contribution in [0.1, 0.15) is 19.3 Å². The second kappa shape index (κ2) is 3.42. The minimum Gasteiger partial charge on any atom is -0.372 e. The fourth-order valence-electron chi connectivity index (χ4n) is 3.08. The third-order valence-electron chi connectivity index (χ3n) is 3.97. The maximum Gasteiger partial charge on any atom is 0.157 e. The van der Waals surface area contributed by atoms with E-state index >= 15 is 0 Å². The second-order valence-electron chi connectivity index (χ2n) is 4.67. The molecule has 86 valence electrons. The number of methoxy groups -OCH3 is 1. The molecule has 4 nitrogen and oxygen atoms in total. The molecule has 2 heterocycles. The summed E-state index contributed by atoms with van der Waals surface area (Å²) in [7, 11) is 1.74. The predicted octanol–water partition coefficient (Wildman–Crippen LogP) is 0.777. The zero-order valence-electron chi connectivity index (χ0n) is 9.48. The van der Waals surface area contributed by atoms with Crippen molar-refractivity contribution in [2.45, 2.75) is 30.9 Å². The van der Waals surface area contributed by atoms with Crippen molar-refractivity contribution in [3.05, 3.63) is 12.2 Å². The summed E-state index contributed by atoms with van der Waals surface area (Å²) in [6.07, 6.45) is 6.09. The molecular weight excluding hydrogens is 204 g/mol. The van der Waals surface area contributed by atoms with Crippen LogP contribution >= 0.6 is 0 Å². The van der Waals surface area contributed by atoms with Crippen molar-refractivity contribution in [1.82, 2.24) is 4.90 Å². The van der Waals surface area contributed by atoms with E-state index in [0.29, 0.717) is 6.42 Å². The number of allylic oxidation sites excluding steroid dienone is 1. The number of ether oxygens (including phenoxy) is 1. The van der Waals surface area contributed by atoms with Gasteiger partial charge in [-0.25, -0.2) is 0 Å². The largest absolute Gasteiger partial charge is 0.372 e. The number of aliphatic imine (C=N–C) groups is 1. The van der Waals surface area contributed by atoms with Gasteiger partial charge in [0.05, 0.1) is 18.4 Å². The molecule has 0 spiro atoms. The highest BCUT2D eigenvalue weighted by molar-refractivity contribution is 5.93. The first-order valence-electron chi connectivity index (χ1n) is 5.82. The molecule has 0 aromatic carbocycles. The third-order valence-corrected chi connectivity index (χ3v) is 3.97. The van der Waals surface area contributed by atoms with Crippen LogP contribution < -0.4 is 0 Å². The number of ketones is 1. The monoisotopic (exact) mass is 220 g/mol. The SMILES string of the molecule is CO[C@]12C=CC(=O)C[C@H]1N1CCN=C1CC2. The first-order valence-corrected chi connectivity index (χ1v) is 5.82. The number of rotatable bonds is 1. The normalized spacial score (nSPS) is 37.1. The van der Waals surface area contributed by atoms with Gasteiger partial charge in [-0.3, -0.25) is 9.79 Å². The fraction of sp³-hybridized carbons (Fsp3) is 0.667. The second-order valence-corrected chi connectivity index (χ2v) is 4.67. The molecular formula is C12H16N2O2. The van der Waals surface area contributed by atoms with E-state index < -0.39 is 0 Å². The lowest BCUT2D eigenvalue weighted by Gasteiger charge is -2.48. The van der Waals surface area contributed by atoms with Crippen molar-refractivity contribution in [1.29, 1.82) is 0 Å². The van der Waals surface area contributed by atoms with Crippen molar-refractivity contribution < 1.29 is 9.53 Å². The van der Waals surface area contributed by atoms with E-state index in [9.17, 15) is 4.79 Å². The number of fused-ring (bicyclic) bond motifs is 3. The zero-order valence-corrected chi connectivity index (χ0v) is 9.48. The van der Waals surface area contributed by atoms with E-state index in [1.54, 1.807) is 13.2 Å². The van der Waals surface area contributed by atoms with Gasteiger partial charge < -0.3 is 9.64 Å². The highest BCUT2D eigenvalue weighted by atomic mass is 16.5. The van der Waals surface area contributed by atoms with Crippen molar-refractivity contribution in [2.75, 3.05) is 20.2 Å². The summed E-state index contributed by atoms with van der Waals surface area (Å²) >= 11 is 0. The number of hydrogen-bond donors (Lipinski definition) is 0. The highest BCUT2D eigenvalue weighted by Gasteiger charge is 2.48. The Bertz CT molecular complexity index is 388. The maximum atomic E-state index is 11.6. The van der Waals surface area contributed by atoms with E-state index in [2.05, 4.69) is 9.89 Å². The van der Waals surface area contributed by atoms with Crippen LogP contribution in [0.25, 0.3) is 0 Å². The number of carbonyl (C=O) groups is 1. The van der Waals surface area contributed by atoms with Crippen LogP contribution in [0.4, 0.5) is 0 Å². The fourth-order valence-corrected chi connectivity index (χ4v) is 3.08. The molecule has 0 aromatic heterocycles. The molecule has 3 rings (SSSR count). The van der Waals surface area contributed by atoms with Crippen LogP contribution in [0, 0.1) is 0 Å². The van der Waals surface area contributed by atoms with Crippen molar-refractivity contribution >= 4 is 11.6 Å². The molecule has 1 saturated heterocycles. The molecule has 4 heteroatoms. The molecule has 2 atom stereocenters. The zero-order chi connectivity index (χ0) is 11.2. The summed E-state index contributed by atoms with van der Waals surface area (Å²) in [6.45, 7) is 1.80. The number of amidine groups is 1. The topological polar surface area (TPSA) is 41.9 Å². The molecule has 3 aliphatic rings. The average molecular weight is 220 g/mol. The Hall–Kier alpha value is -1.16. The molecule has 2 aliphatic heterocycles. The molecule has 1 aliphatic carbocycles. The molecule has 0 bridgehead atoms. The van der Waals surface area contributed by atoms with Crippen molar-refractivity contribution in [3.63, 3.8) is 0 Å². The lowest BCUT2D eigenvalue weighted by atomic mass is 9.77. The molecule has 0 aromatic rings. The summed E-state index contributed by atoms with van der Waals surface area (Å²) in [5.74, 6) is 1.37. The van der Waals surface area contributed by atoms with Crippen LogP contribution in [0.2, 0.25) is 0 Å². The lowest BCUT2D eigenvalue weighted by Crippen LogP contribution is -2.59. The average Bonchev–Trinajstić information content (AvgIpc) is 2.77. The van der Waals surface area contributed by atoms with E-state index in [1.165, 1.54) is 5.84 Å². The Labute approximate surface area is 95.0 Å². The van der Waals surface area contributed by atoms with Gasteiger partial charge in [-0.2, -0.15) is 0 Å². The van der Waals surface area contributed by atoms with Crippen LogP contribution in [-0.4, -0.2) is 48.4 Å². The predicted molar refractivity (Wildman–Crippen MR) is 60.5 cm³/mol. The van der Waals surface area contributed by atoms with Gasteiger partial charge in [-0.05, 0) is 18.6 Å². The van der Waals surface area contributed by atoms with Crippen LogP contribution in [-0.2, 0) is 9.53 Å². The van der Waals surface area contributed by atoms with E-state index in [-0.39, 0.29) is 17.4 Å². The molecule has 0 radical (unpaired) electrons. The highest BCUT2D eigenvalue weighted by Crippen LogP contribution is 2.38. The third kappa shape index (κ3) is 1.26. The summed E-state index contributed by atoms with van der Waals surface area (Å²) < 4.78 is 5.70. The quantitative estimate of drug-likeness (QED) is 0.655. The van der Waals surface area contributed by atoms with Gasteiger partial charge in [0, 0.05) is 26.5 Å². The minimum absolute atomic E-state index is 0.157. The first-order chi connectivity index (χ1) is 7.75. The summed E-state index contributed by atoms with van der Waals surface area (Å²) in [5.41, 5.74) is -0.267. The van der Waals surface area contributed by atoms with Gasteiger partial charge in [0.25, 0.3) is 0 Å². The van der Waals surface area contributed by atoms with Gasteiger partial charge >= 0.3 is 0 Å². The Morgan fingerprint density at radius 2 is 2.50 bits per heavy atom. The molecule has 16 heavy (non-hydrogen) atoms. The standard InChI is InChI=1S/C12H16N2O2/c1-16-12-4-2-9(15)8-10(12)14-7-6-13-11(14)3-5-12/h2,4,10H,3,5-8H2,1H3/t10-,12+/m1/s1. The van der Waals surface area contributed by atoms with Gasteiger partial charge in [-0.1, -0.05) is 0 Å². The number of carbonyl (C=O) groups excluding carboxylic acids is 1. The van der Waals surface area contributed by atoms with Gasteiger partial charge in [0.1, 0.15) is 5.60 Å². The van der Waals surface area contributed by atoms with Crippen LogP contribution in [0.5, 0.6) is 0 Å².